The van der Waals surface area contributed by atoms with Crippen LogP contribution in [0.3, 0.4) is 0 Å². The number of unbranched alkanes of at least 4 members (excludes halogenated alkanes) is 1. The van der Waals surface area contributed by atoms with E-state index in [0.717, 1.165) is 6.29 Å². The number of ether oxygens (including phenoxy) is 1. The molecule has 0 fully saturated rings. The number of carboxylic acids is 1. The summed E-state index contributed by atoms with van der Waals surface area (Å²) in [5.74, 6) is -1.60. The first kappa shape index (κ1) is 20.0. The minimum Gasteiger partial charge on any atom is -0.481 e. The molecule has 140 valence electrons. The third-order valence-electron chi connectivity index (χ3n) is 4.13. The highest BCUT2D eigenvalue weighted by atomic mass is 16.5. The Balaban J connectivity index is 2.12. The smallest absolute Gasteiger partial charge is 0.318 e. The van der Waals surface area contributed by atoms with E-state index in [2.05, 4.69) is 0 Å². The number of rotatable bonds is 10. The van der Waals surface area contributed by atoms with E-state index >= 15 is 0 Å². The molecule has 1 N–H and O–H groups in total. The molecule has 6 nitrogen and oxygen atoms in total. The van der Waals surface area contributed by atoms with Gasteiger partial charge in [-0.2, -0.15) is 0 Å². The maximum Gasteiger partial charge on any atom is 0.318 e. The van der Waals surface area contributed by atoms with Crippen molar-refractivity contribution in [2.75, 3.05) is 0 Å². The zero-order valence-electron chi connectivity index (χ0n) is 14.7. The Bertz CT molecular complexity index is 792. The second-order valence-electron chi connectivity index (χ2n) is 6.08. The summed E-state index contributed by atoms with van der Waals surface area (Å²) in [6.07, 6.45) is 2.90. The van der Waals surface area contributed by atoms with E-state index in [-0.39, 0.29) is 6.42 Å². The molecule has 2 rings (SSSR count). The highest BCUT2D eigenvalue weighted by Gasteiger charge is 2.23. The number of hydrogen-bond acceptors (Lipinski definition) is 5. The van der Waals surface area contributed by atoms with Gasteiger partial charge in [-0.05, 0) is 42.7 Å². The zero-order chi connectivity index (χ0) is 19.6. The van der Waals surface area contributed by atoms with Crippen LogP contribution in [-0.2, 0) is 9.59 Å². The van der Waals surface area contributed by atoms with E-state index in [1.807, 2.05) is 0 Å². The van der Waals surface area contributed by atoms with Gasteiger partial charge < -0.3 is 9.84 Å². The molecule has 27 heavy (non-hydrogen) atoms. The molecular formula is C21H20O6. The first-order valence-electron chi connectivity index (χ1n) is 8.57. The molecule has 6 heteroatoms. The molecule has 2 aromatic carbocycles. The summed E-state index contributed by atoms with van der Waals surface area (Å²) in [6, 6.07) is 12.8. The van der Waals surface area contributed by atoms with Gasteiger partial charge in [-0.25, -0.2) is 0 Å². The van der Waals surface area contributed by atoms with Gasteiger partial charge in [0.05, 0.1) is 5.92 Å². The lowest BCUT2D eigenvalue weighted by molar-refractivity contribution is -0.137. The Kier molecular flexibility index (Phi) is 7.43. The third-order valence-corrected chi connectivity index (χ3v) is 4.13. The molecule has 0 radical (unpaired) electrons. The molecule has 1 unspecified atom stereocenters. The molecule has 1 atom stereocenters. The topological polar surface area (TPSA) is 97.7 Å². The summed E-state index contributed by atoms with van der Waals surface area (Å²) in [6.45, 7) is 0. The molecule has 0 bridgehead atoms. The lowest BCUT2D eigenvalue weighted by atomic mass is 9.92. The predicted octanol–water partition coefficient (Wildman–Crippen LogP) is 3.65. The molecule has 2 aromatic rings. The van der Waals surface area contributed by atoms with Crippen LogP contribution < -0.4 is 4.74 Å². The summed E-state index contributed by atoms with van der Waals surface area (Å²) in [4.78, 5) is 44.9. The van der Waals surface area contributed by atoms with E-state index in [0.29, 0.717) is 48.0 Å². The number of benzene rings is 2. The lowest BCUT2D eigenvalue weighted by Gasteiger charge is -2.16. The largest absolute Gasteiger partial charge is 0.481 e. The Labute approximate surface area is 156 Å². The maximum absolute atomic E-state index is 12.7. The summed E-state index contributed by atoms with van der Waals surface area (Å²) in [7, 11) is 0. The van der Waals surface area contributed by atoms with Gasteiger partial charge in [0, 0.05) is 17.5 Å². The van der Waals surface area contributed by atoms with Crippen molar-refractivity contribution in [3.8, 4) is 5.75 Å². The van der Waals surface area contributed by atoms with Crippen LogP contribution in [0.25, 0.3) is 0 Å². The Morgan fingerprint density at radius 3 is 1.96 bits per heavy atom. The van der Waals surface area contributed by atoms with Crippen molar-refractivity contribution in [3.63, 3.8) is 0 Å². The number of hydrogen-bond donors (Lipinski definition) is 1. The number of carboxylic acid groups (broad SMARTS) is 1. The number of carbonyl (C=O) groups is 4. The van der Waals surface area contributed by atoms with Crippen molar-refractivity contribution in [2.45, 2.75) is 31.6 Å². The van der Waals surface area contributed by atoms with Crippen LogP contribution in [0.5, 0.6) is 5.75 Å². The Morgan fingerprint density at radius 1 is 0.889 bits per heavy atom. The van der Waals surface area contributed by atoms with Gasteiger partial charge in [0.2, 0.25) is 0 Å². The lowest BCUT2D eigenvalue weighted by Crippen LogP contribution is -2.19. The molecule has 0 aliphatic carbocycles. The normalized spacial score (nSPS) is 11.4. The van der Waals surface area contributed by atoms with Crippen LogP contribution in [0.1, 0.15) is 57.9 Å². The summed E-state index contributed by atoms with van der Waals surface area (Å²) < 4.78 is 5.42. The van der Waals surface area contributed by atoms with Crippen molar-refractivity contribution >= 4 is 24.5 Å². The van der Waals surface area contributed by atoms with Crippen LogP contribution in [-0.4, -0.2) is 29.6 Å². The second kappa shape index (κ2) is 10.0. The number of aliphatic carboxylic acids is 1. The van der Waals surface area contributed by atoms with Gasteiger partial charge in [-0.1, -0.05) is 30.7 Å². The second-order valence-corrected chi connectivity index (χ2v) is 6.08. The number of carbonyl (C=O) groups excluding carboxylic acids is 3. The van der Waals surface area contributed by atoms with Gasteiger partial charge >= 0.3 is 11.9 Å². The Morgan fingerprint density at radius 2 is 1.44 bits per heavy atom. The van der Waals surface area contributed by atoms with Crippen LogP contribution >= 0.6 is 0 Å². The quantitative estimate of drug-likeness (QED) is 0.297. The van der Waals surface area contributed by atoms with Crippen molar-refractivity contribution in [3.05, 3.63) is 65.2 Å². The molecule has 0 saturated carbocycles. The van der Waals surface area contributed by atoms with E-state index in [1.165, 1.54) is 0 Å². The minimum atomic E-state index is -0.875. The van der Waals surface area contributed by atoms with Crippen LogP contribution in [0.2, 0.25) is 0 Å². The van der Waals surface area contributed by atoms with E-state index < -0.39 is 17.9 Å². The first-order chi connectivity index (χ1) is 13.0. The van der Waals surface area contributed by atoms with Crippen LogP contribution in [0.4, 0.5) is 0 Å². The highest BCUT2D eigenvalue weighted by molar-refractivity contribution is 5.81. The number of esters is 1. The molecule has 0 saturated heterocycles. The first-order valence-corrected chi connectivity index (χ1v) is 8.57. The van der Waals surface area contributed by atoms with E-state index in [4.69, 9.17) is 9.84 Å². The molecule has 0 aliphatic heterocycles. The fourth-order valence-electron chi connectivity index (χ4n) is 2.65. The molecule has 0 amide bonds. The summed E-state index contributed by atoms with van der Waals surface area (Å²) >= 11 is 0. The average Bonchev–Trinajstić information content (AvgIpc) is 2.68. The maximum atomic E-state index is 12.7. The standard InChI is InChI=1S/C21H20O6/c22-13-15-5-9-17(10-6-15)19(3-1-2-4-20(24)25)21(26)27-18-11-7-16(14-23)8-12-18/h5-14,19H,1-4H2,(H,24,25). The van der Waals surface area contributed by atoms with Crippen LogP contribution in [0.15, 0.2) is 48.5 Å². The molecule has 0 aliphatic rings. The molecule has 0 spiro atoms. The molecular weight excluding hydrogens is 348 g/mol. The third kappa shape index (κ3) is 6.18. The van der Waals surface area contributed by atoms with Gasteiger partial charge in [-0.3, -0.25) is 19.2 Å². The fourth-order valence-corrected chi connectivity index (χ4v) is 2.65. The fraction of sp³-hybridized carbons (Fsp3) is 0.238. The minimum absolute atomic E-state index is 0.0407. The van der Waals surface area contributed by atoms with E-state index in [9.17, 15) is 19.2 Å². The molecule has 0 heterocycles. The van der Waals surface area contributed by atoms with E-state index in [1.54, 1.807) is 48.5 Å². The predicted molar refractivity (Wildman–Crippen MR) is 98.1 cm³/mol. The van der Waals surface area contributed by atoms with Crippen molar-refractivity contribution < 1.29 is 29.0 Å². The van der Waals surface area contributed by atoms with Gasteiger partial charge in [0.15, 0.2) is 0 Å². The Hall–Kier alpha value is -3.28. The van der Waals surface area contributed by atoms with Gasteiger partial charge in [-0.15, -0.1) is 0 Å². The van der Waals surface area contributed by atoms with Gasteiger partial charge in [0.1, 0.15) is 18.3 Å². The van der Waals surface area contributed by atoms with Gasteiger partial charge in [0.25, 0.3) is 0 Å². The van der Waals surface area contributed by atoms with Crippen molar-refractivity contribution in [2.24, 2.45) is 0 Å². The monoisotopic (exact) mass is 368 g/mol. The van der Waals surface area contributed by atoms with Crippen molar-refractivity contribution in [1.82, 2.24) is 0 Å². The summed E-state index contributed by atoms with van der Waals surface area (Å²) in [5, 5.41) is 8.75. The summed E-state index contributed by atoms with van der Waals surface area (Å²) in [5.41, 5.74) is 1.68. The molecule has 0 aromatic heterocycles. The van der Waals surface area contributed by atoms with Crippen LogP contribution in [0, 0.1) is 0 Å². The zero-order valence-corrected chi connectivity index (χ0v) is 14.7. The number of aldehydes is 2. The van der Waals surface area contributed by atoms with Crippen molar-refractivity contribution in [1.29, 1.82) is 0 Å². The highest BCUT2D eigenvalue weighted by Crippen LogP contribution is 2.26. The average molecular weight is 368 g/mol. The SMILES string of the molecule is O=Cc1ccc(OC(=O)C(CCCCC(=O)O)c2ccc(C=O)cc2)cc1.